The highest BCUT2D eigenvalue weighted by atomic mass is 16.3. The smallest absolute Gasteiger partial charge is 0.119 e. The van der Waals surface area contributed by atoms with Crippen LogP contribution in [0.4, 0.5) is 0 Å². The van der Waals surface area contributed by atoms with Crippen LogP contribution in [0.15, 0.2) is 48.5 Å². The van der Waals surface area contributed by atoms with Crippen molar-refractivity contribution in [1.82, 2.24) is 0 Å². The molecule has 0 radical (unpaired) electrons. The maximum Gasteiger partial charge on any atom is 0.119 e. The Morgan fingerprint density at radius 1 is 0.652 bits per heavy atom. The van der Waals surface area contributed by atoms with E-state index >= 15 is 0 Å². The second-order valence-corrected chi connectivity index (χ2v) is 6.45. The number of aryl methyl sites for hydroxylation is 1. The average Bonchev–Trinajstić information content (AvgIpc) is 2.57. The van der Waals surface area contributed by atoms with Crippen molar-refractivity contribution in [3.8, 4) is 5.75 Å². The number of hydrogen-bond acceptors (Lipinski definition) is 1. The van der Waals surface area contributed by atoms with E-state index in [1.165, 1.54) is 56.1 Å². The Morgan fingerprint density at radius 2 is 1.22 bits per heavy atom. The summed E-state index contributed by atoms with van der Waals surface area (Å²) < 4.78 is 0. The molecule has 0 unspecified atom stereocenters. The minimum Gasteiger partial charge on any atom is -0.508 e. The summed E-state index contributed by atoms with van der Waals surface area (Å²) in [6, 6.07) is 16.3. The molecule has 0 amide bonds. The molecule has 23 heavy (non-hydrogen) atoms. The van der Waals surface area contributed by atoms with E-state index in [0.717, 1.165) is 18.4 Å². The fourth-order valence-corrected chi connectivity index (χ4v) is 3.11. The Balaban J connectivity index is 1.84. The van der Waals surface area contributed by atoms with Gasteiger partial charge in [-0.1, -0.05) is 87.9 Å². The molecule has 0 spiro atoms. The second-order valence-electron chi connectivity index (χ2n) is 6.45. The number of phenols is 1. The standard InChI is InChI=1S/C22H30O/c1-2-3-4-5-6-7-8-13-19-14-9-10-15-20(19)18-21-16-11-12-17-22(21)23/h9-12,14-17,23H,2-8,13,18H2,1H3. The van der Waals surface area contributed by atoms with E-state index in [-0.39, 0.29) is 0 Å². The summed E-state index contributed by atoms with van der Waals surface area (Å²) in [6.07, 6.45) is 11.4. The van der Waals surface area contributed by atoms with Crippen molar-refractivity contribution < 1.29 is 5.11 Å². The van der Waals surface area contributed by atoms with Gasteiger partial charge in [0, 0.05) is 6.42 Å². The molecule has 124 valence electrons. The van der Waals surface area contributed by atoms with E-state index in [1.54, 1.807) is 6.07 Å². The fraction of sp³-hybridized carbons (Fsp3) is 0.455. The van der Waals surface area contributed by atoms with Crippen LogP contribution in [0.3, 0.4) is 0 Å². The second kappa shape index (κ2) is 10.1. The van der Waals surface area contributed by atoms with Crippen LogP contribution in [0.5, 0.6) is 5.75 Å². The van der Waals surface area contributed by atoms with Gasteiger partial charge in [-0.05, 0) is 35.6 Å². The van der Waals surface area contributed by atoms with Crippen molar-refractivity contribution in [2.75, 3.05) is 0 Å². The molecule has 0 heterocycles. The Hall–Kier alpha value is -1.76. The first-order valence-electron chi connectivity index (χ1n) is 9.15. The average molecular weight is 310 g/mol. The molecule has 2 rings (SSSR count). The maximum atomic E-state index is 9.98. The van der Waals surface area contributed by atoms with Gasteiger partial charge in [-0.2, -0.15) is 0 Å². The molecule has 1 heteroatoms. The summed E-state index contributed by atoms with van der Waals surface area (Å²) in [7, 11) is 0. The quantitative estimate of drug-likeness (QED) is 0.512. The summed E-state index contributed by atoms with van der Waals surface area (Å²) in [5.74, 6) is 0.401. The SMILES string of the molecule is CCCCCCCCCc1ccccc1Cc1ccccc1O. The van der Waals surface area contributed by atoms with Gasteiger partial charge in [0.05, 0.1) is 0 Å². The zero-order valence-electron chi connectivity index (χ0n) is 14.4. The molecule has 0 aromatic heterocycles. The van der Waals surface area contributed by atoms with E-state index in [9.17, 15) is 5.11 Å². The van der Waals surface area contributed by atoms with Crippen molar-refractivity contribution in [1.29, 1.82) is 0 Å². The molecule has 1 N–H and O–H groups in total. The predicted molar refractivity (Wildman–Crippen MR) is 99.1 cm³/mol. The summed E-state index contributed by atoms with van der Waals surface area (Å²) in [5, 5.41) is 9.98. The molecule has 2 aromatic carbocycles. The summed E-state index contributed by atoms with van der Waals surface area (Å²) in [4.78, 5) is 0. The van der Waals surface area contributed by atoms with E-state index in [1.807, 2.05) is 18.2 Å². The van der Waals surface area contributed by atoms with Gasteiger partial charge in [0.25, 0.3) is 0 Å². The van der Waals surface area contributed by atoms with Crippen LogP contribution in [-0.2, 0) is 12.8 Å². The molecular formula is C22H30O. The first kappa shape index (κ1) is 17.6. The van der Waals surface area contributed by atoms with E-state index in [2.05, 4.69) is 31.2 Å². The molecule has 0 aliphatic heterocycles. The lowest BCUT2D eigenvalue weighted by Gasteiger charge is -2.11. The van der Waals surface area contributed by atoms with Crippen molar-refractivity contribution in [2.24, 2.45) is 0 Å². The van der Waals surface area contributed by atoms with Crippen molar-refractivity contribution >= 4 is 0 Å². The maximum absolute atomic E-state index is 9.98. The van der Waals surface area contributed by atoms with Crippen molar-refractivity contribution in [2.45, 2.75) is 64.7 Å². The van der Waals surface area contributed by atoms with Gasteiger partial charge in [-0.3, -0.25) is 0 Å². The molecule has 0 atom stereocenters. The minimum absolute atomic E-state index is 0.401. The highest BCUT2D eigenvalue weighted by Gasteiger charge is 2.06. The number of phenolic OH excluding ortho intramolecular Hbond substituents is 1. The lowest BCUT2D eigenvalue weighted by Crippen LogP contribution is -1.96. The van der Waals surface area contributed by atoms with E-state index in [0.29, 0.717) is 5.75 Å². The highest BCUT2D eigenvalue weighted by Crippen LogP contribution is 2.22. The minimum atomic E-state index is 0.401. The summed E-state index contributed by atoms with van der Waals surface area (Å²) in [6.45, 7) is 2.27. The van der Waals surface area contributed by atoms with Gasteiger partial charge in [0.1, 0.15) is 5.75 Å². The topological polar surface area (TPSA) is 20.2 Å². The Labute approximate surface area is 141 Å². The zero-order chi connectivity index (χ0) is 16.3. The van der Waals surface area contributed by atoms with Crippen LogP contribution in [0.1, 0.15) is 68.6 Å². The number of para-hydroxylation sites is 1. The van der Waals surface area contributed by atoms with Gasteiger partial charge in [0.2, 0.25) is 0 Å². The monoisotopic (exact) mass is 310 g/mol. The fourth-order valence-electron chi connectivity index (χ4n) is 3.11. The first-order chi connectivity index (χ1) is 11.3. The van der Waals surface area contributed by atoms with Gasteiger partial charge in [-0.25, -0.2) is 0 Å². The van der Waals surface area contributed by atoms with E-state index < -0.39 is 0 Å². The molecule has 2 aromatic rings. The zero-order valence-corrected chi connectivity index (χ0v) is 14.4. The molecule has 0 bridgehead atoms. The number of rotatable bonds is 10. The molecule has 1 nitrogen and oxygen atoms in total. The van der Waals surface area contributed by atoms with Crippen molar-refractivity contribution in [3.63, 3.8) is 0 Å². The highest BCUT2D eigenvalue weighted by molar-refractivity contribution is 5.39. The van der Waals surface area contributed by atoms with Gasteiger partial charge >= 0.3 is 0 Å². The number of aromatic hydroxyl groups is 1. The number of unbranched alkanes of at least 4 members (excludes halogenated alkanes) is 6. The largest absolute Gasteiger partial charge is 0.508 e. The molecular weight excluding hydrogens is 280 g/mol. The van der Waals surface area contributed by atoms with Crippen LogP contribution in [0.25, 0.3) is 0 Å². The van der Waals surface area contributed by atoms with Gasteiger partial charge < -0.3 is 5.11 Å². The van der Waals surface area contributed by atoms with Crippen molar-refractivity contribution in [3.05, 3.63) is 65.2 Å². The van der Waals surface area contributed by atoms with Gasteiger partial charge in [-0.15, -0.1) is 0 Å². The van der Waals surface area contributed by atoms with Crippen LogP contribution < -0.4 is 0 Å². The molecule has 0 fully saturated rings. The molecule has 0 aliphatic carbocycles. The first-order valence-corrected chi connectivity index (χ1v) is 9.15. The van der Waals surface area contributed by atoms with Crippen LogP contribution >= 0.6 is 0 Å². The lowest BCUT2D eigenvalue weighted by atomic mass is 9.95. The summed E-state index contributed by atoms with van der Waals surface area (Å²) in [5.41, 5.74) is 3.80. The van der Waals surface area contributed by atoms with Gasteiger partial charge in [0.15, 0.2) is 0 Å². The van der Waals surface area contributed by atoms with Crippen LogP contribution in [-0.4, -0.2) is 5.11 Å². The third-order valence-corrected chi connectivity index (χ3v) is 4.54. The van der Waals surface area contributed by atoms with Crippen LogP contribution in [0.2, 0.25) is 0 Å². The lowest BCUT2D eigenvalue weighted by molar-refractivity contribution is 0.469. The molecule has 0 aliphatic rings. The Bertz CT molecular complexity index is 574. The van der Waals surface area contributed by atoms with Crippen LogP contribution in [0, 0.1) is 0 Å². The predicted octanol–water partition coefficient (Wildman–Crippen LogP) is 6.28. The Kier molecular flexibility index (Phi) is 7.72. The van der Waals surface area contributed by atoms with E-state index in [4.69, 9.17) is 0 Å². The number of benzene rings is 2. The molecule has 0 saturated carbocycles. The molecule has 0 saturated heterocycles. The summed E-state index contributed by atoms with van der Waals surface area (Å²) >= 11 is 0. The Morgan fingerprint density at radius 3 is 1.91 bits per heavy atom. The normalized spacial score (nSPS) is 10.8. The third kappa shape index (κ3) is 6.09. The number of hydrogen-bond donors (Lipinski definition) is 1. The third-order valence-electron chi connectivity index (χ3n) is 4.54.